The largest absolute Gasteiger partial charge is 0.350 e. The number of hydrogen-bond acceptors (Lipinski definition) is 3. The third-order valence-electron chi connectivity index (χ3n) is 4.48. The van der Waals surface area contributed by atoms with Gasteiger partial charge in [0.05, 0.1) is 0 Å². The number of benzene rings is 2. The first kappa shape index (κ1) is 24.3. The number of carbonyl (C=O) groups is 2. The van der Waals surface area contributed by atoms with E-state index in [0.717, 1.165) is 22.6 Å². The highest BCUT2D eigenvalue weighted by Gasteiger charge is 2.28. The van der Waals surface area contributed by atoms with Crippen LogP contribution in [-0.2, 0) is 16.1 Å². The fourth-order valence-corrected chi connectivity index (χ4v) is 3.90. The first-order valence-electron chi connectivity index (χ1n) is 10.2. The van der Waals surface area contributed by atoms with E-state index >= 15 is 0 Å². The summed E-state index contributed by atoms with van der Waals surface area (Å²) in [6.45, 7) is 8.03. The number of halogens is 1. The average Bonchev–Trinajstić information content (AvgIpc) is 2.69. The lowest BCUT2D eigenvalue weighted by Gasteiger charge is -2.31. The van der Waals surface area contributed by atoms with E-state index in [9.17, 15) is 9.59 Å². The van der Waals surface area contributed by atoms with Gasteiger partial charge in [-0.25, -0.2) is 0 Å². The molecule has 0 saturated heterocycles. The van der Waals surface area contributed by atoms with Gasteiger partial charge in [-0.1, -0.05) is 41.9 Å². The van der Waals surface area contributed by atoms with Crippen molar-refractivity contribution in [1.82, 2.24) is 10.2 Å². The molecule has 2 aromatic rings. The van der Waals surface area contributed by atoms with Gasteiger partial charge in [0.1, 0.15) is 6.04 Å². The molecule has 2 rings (SSSR count). The molecule has 6 heteroatoms. The Bertz CT molecular complexity index is 819. The second-order valence-electron chi connectivity index (χ2n) is 8.33. The lowest BCUT2D eigenvalue weighted by atomic mass is 10.1. The molecule has 0 aromatic heterocycles. The molecule has 0 spiro atoms. The lowest BCUT2D eigenvalue weighted by Crippen LogP contribution is -2.52. The summed E-state index contributed by atoms with van der Waals surface area (Å²) in [4.78, 5) is 28.6. The van der Waals surface area contributed by atoms with Gasteiger partial charge in [0.25, 0.3) is 0 Å². The minimum Gasteiger partial charge on any atom is -0.350 e. The minimum atomic E-state index is -0.541. The van der Waals surface area contributed by atoms with E-state index in [2.05, 4.69) is 5.32 Å². The molecular weight excluding hydrogens is 416 g/mol. The molecule has 1 unspecified atom stereocenters. The summed E-state index contributed by atoms with van der Waals surface area (Å²) in [5.74, 6) is 0.684. The van der Waals surface area contributed by atoms with E-state index < -0.39 is 6.04 Å². The van der Waals surface area contributed by atoms with Crippen LogP contribution in [0.25, 0.3) is 0 Å². The van der Waals surface area contributed by atoms with E-state index in [-0.39, 0.29) is 17.4 Å². The first-order chi connectivity index (χ1) is 14.2. The predicted octanol–water partition coefficient (Wildman–Crippen LogP) is 5.54. The summed E-state index contributed by atoms with van der Waals surface area (Å²) >= 11 is 7.62. The monoisotopic (exact) mass is 446 g/mol. The Balaban J connectivity index is 1.98. The second-order valence-corrected chi connectivity index (χ2v) is 9.93. The van der Waals surface area contributed by atoms with Crippen LogP contribution in [0.2, 0.25) is 5.02 Å². The Morgan fingerprint density at radius 1 is 1.07 bits per heavy atom. The maximum Gasteiger partial charge on any atom is 0.242 e. The molecule has 162 valence electrons. The normalized spacial score (nSPS) is 12.3. The molecule has 1 atom stereocenters. The maximum absolute atomic E-state index is 13.0. The molecule has 30 heavy (non-hydrogen) atoms. The molecule has 0 bridgehead atoms. The number of carbonyl (C=O) groups excluding carboxylic acids is 2. The molecule has 0 fully saturated rings. The van der Waals surface area contributed by atoms with Crippen molar-refractivity contribution in [2.24, 2.45) is 0 Å². The molecular formula is C24H31ClN2O2S. The Kier molecular flexibility index (Phi) is 9.25. The van der Waals surface area contributed by atoms with Gasteiger partial charge >= 0.3 is 0 Å². The van der Waals surface area contributed by atoms with Crippen molar-refractivity contribution in [2.75, 3.05) is 5.75 Å². The summed E-state index contributed by atoms with van der Waals surface area (Å²) in [5.41, 5.74) is 0.666. The van der Waals surface area contributed by atoms with Crippen molar-refractivity contribution in [3.8, 4) is 0 Å². The van der Waals surface area contributed by atoms with Crippen molar-refractivity contribution in [2.45, 2.75) is 63.6 Å². The van der Waals surface area contributed by atoms with Gasteiger partial charge in [0, 0.05) is 28.4 Å². The van der Waals surface area contributed by atoms with Crippen LogP contribution >= 0.6 is 23.4 Å². The zero-order valence-electron chi connectivity index (χ0n) is 18.2. The van der Waals surface area contributed by atoms with Gasteiger partial charge in [-0.05, 0) is 69.7 Å². The predicted molar refractivity (Wildman–Crippen MR) is 126 cm³/mol. The molecule has 0 aliphatic heterocycles. The Hall–Kier alpha value is -1.98. The smallest absolute Gasteiger partial charge is 0.242 e. The van der Waals surface area contributed by atoms with Crippen LogP contribution in [0, 0.1) is 0 Å². The van der Waals surface area contributed by atoms with E-state index in [1.807, 2.05) is 75.4 Å². The molecule has 2 aromatic carbocycles. The highest BCUT2D eigenvalue weighted by Crippen LogP contribution is 2.22. The fourth-order valence-electron chi connectivity index (χ4n) is 2.92. The van der Waals surface area contributed by atoms with Gasteiger partial charge < -0.3 is 10.2 Å². The summed E-state index contributed by atoms with van der Waals surface area (Å²) < 4.78 is 0. The Morgan fingerprint density at radius 2 is 1.70 bits per heavy atom. The SMILES string of the molecule is CC(C(=O)NC(C)(C)C)N(Cc1ccccc1)C(=O)CCCSc1ccc(Cl)cc1. The average molecular weight is 447 g/mol. The highest BCUT2D eigenvalue weighted by molar-refractivity contribution is 7.99. The molecule has 2 amide bonds. The van der Waals surface area contributed by atoms with Crippen LogP contribution in [0.5, 0.6) is 0 Å². The number of hydrogen-bond donors (Lipinski definition) is 1. The summed E-state index contributed by atoms with van der Waals surface area (Å²) in [7, 11) is 0. The fraction of sp³-hybridized carbons (Fsp3) is 0.417. The zero-order valence-corrected chi connectivity index (χ0v) is 19.7. The first-order valence-corrected chi connectivity index (χ1v) is 11.6. The number of rotatable bonds is 9. The summed E-state index contributed by atoms with van der Waals surface area (Å²) in [6.07, 6.45) is 1.14. The van der Waals surface area contributed by atoms with Crippen LogP contribution in [0.15, 0.2) is 59.5 Å². The molecule has 1 N–H and O–H groups in total. The quantitative estimate of drug-likeness (QED) is 0.406. The number of thioether (sulfide) groups is 1. The van der Waals surface area contributed by atoms with Crippen molar-refractivity contribution in [3.63, 3.8) is 0 Å². The summed E-state index contributed by atoms with van der Waals surface area (Å²) in [5, 5.41) is 3.70. The third-order valence-corrected chi connectivity index (χ3v) is 5.83. The van der Waals surface area contributed by atoms with E-state index in [4.69, 9.17) is 11.6 Å². The number of nitrogens with zero attached hydrogens (tertiary/aromatic N) is 1. The van der Waals surface area contributed by atoms with Gasteiger partial charge in [-0.2, -0.15) is 0 Å². The van der Waals surface area contributed by atoms with Crippen molar-refractivity contribution in [3.05, 3.63) is 65.2 Å². The van der Waals surface area contributed by atoms with Gasteiger partial charge in [-0.15, -0.1) is 11.8 Å². The Morgan fingerprint density at radius 3 is 2.30 bits per heavy atom. The third kappa shape index (κ3) is 8.41. The van der Waals surface area contributed by atoms with Crippen LogP contribution in [-0.4, -0.2) is 34.0 Å². The second kappa shape index (κ2) is 11.4. The highest BCUT2D eigenvalue weighted by atomic mass is 35.5. The van der Waals surface area contributed by atoms with Crippen LogP contribution in [0.1, 0.15) is 46.1 Å². The molecule has 0 aliphatic rings. The van der Waals surface area contributed by atoms with Gasteiger partial charge in [-0.3, -0.25) is 9.59 Å². The van der Waals surface area contributed by atoms with Crippen molar-refractivity contribution >= 4 is 35.2 Å². The molecule has 4 nitrogen and oxygen atoms in total. The molecule has 0 heterocycles. The lowest BCUT2D eigenvalue weighted by molar-refractivity contribution is -0.141. The van der Waals surface area contributed by atoms with E-state index in [1.54, 1.807) is 23.6 Å². The van der Waals surface area contributed by atoms with Crippen LogP contribution < -0.4 is 5.32 Å². The number of nitrogens with one attached hydrogen (secondary N) is 1. The van der Waals surface area contributed by atoms with E-state index in [1.165, 1.54) is 0 Å². The van der Waals surface area contributed by atoms with Crippen LogP contribution in [0.3, 0.4) is 0 Å². The topological polar surface area (TPSA) is 49.4 Å². The van der Waals surface area contributed by atoms with Crippen molar-refractivity contribution < 1.29 is 9.59 Å². The number of amides is 2. The van der Waals surface area contributed by atoms with Crippen LogP contribution in [0.4, 0.5) is 0 Å². The van der Waals surface area contributed by atoms with E-state index in [0.29, 0.717) is 18.0 Å². The molecule has 0 aliphatic carbocycles. The minimum absolute atomic E-state index is 0.00730. The van der Waals surface area contributed by atoms with Gasteiger partial charge in [0.15, 0.2) is 0 Å². The zero-order chi connectivity index (χ0) is 22.1. The standard InChI is InChI=1S/C24H31ClN2O2S/c1-18(23(29)26-24(2,3)4)27(17-19-9-6-5-7-10-19)22(28)11-8-16-30-21-14-12-20(25)13-15-21/h5-7,9-10,12-15,18H,8,11,16-17H2,1-4H3,(H,26,29). The molecule has 0 radical (unpaired) electrons. The maximum atomic E-state index is 13.0. The Labute approximate surface area is 189 Å². The molecule has 0 saturated carbocycles. The van der Waals surface area contributed by atoms with Gasteiger partial charge in [0.2, 0.25) is 11.8 Å². The summed E-state index contributed by atoms with van der Waals surface area (Å²) in [6, 6.07) is 16.9. The van der Waals surface area contributed by atoms with Crippen molar-refractivity contribution in [1.29, 1.82) is 0 Å².